The topological polar surface area (TPSA) is 33.0 Å². The molecule has 18 heavy (non-hydrogen) atoms. The van der Waals surface area contributed by atoms with Crippen molar-refractivity contribution in [2.24, 2.45) is 11.3 Å². The van der Waals surface area contributed by atoms with Crippen molar-refractivity contribution < 1.29 is 17.9 Å². The number of hydrogen-bond acceptors (Lipinski definition) is 2. The molecule has 0 radical (unpaired) electrons. The maximum atomic E-state index is 11.9. The molecule has 0 aromatic rings. The van der Waals surface area contributed by atoms with Gasteiger partial charge < -0.3 is 4.74 Å². The molecule has 0 N–H and O–H groups in total. The molecule has 2 nitrogen and oxygen atoms in total. The highest BCUT2D eigenvalue weighted by molar-refractivity contribution is 5.01. The second kappa shape index (κ2) is 6.42. The summed E-state index contributed by atoms with van der Waals surface area (Å²) >= 11 is 0. The first-order valence-corrected chi connectivity index (χ1v) is 6.46. The Morgan fingerprint density at radius 1 is 1.44 bits per heavy atom. The third-order valence-corrected chi connectivity index (χ3v) is 3.75. The van der Waals surface area contributed by atoms with Gasteiger partial charge in [0.25, 0.3) is 0 Å². The SMILES string of the molecule is CCC1CCCC(C#N)(CCOCC(F)(F)F)C1. The van der Waals surface area contributed by atoms with Gasteiger partial charge in [0.2, 0.25) is 0 Å². The van der Waals surface area contributed by atoms with E-state index in [1.807, 2.05) is 0 Å². The fourth-order valence-corrected chi connectivity index (χ4v) is 2.67. The van der Waals surface area contributed by atoms with Crippen LogP contribution in [0.1, 0.15) is 45.4 Å². The van der Waals surface area contributed by atoms with E-state index < -0.39 is 18.2 Å². The number of ether oxygens (including phenoxy) is 1. The minimum Gasteiger partial charge on any atom is -0.372 e. The van der Waals surface area contributed by atoms with Crippen LogP contribution in [0.2, 0.25) is 0 Å². The molecule has 1 saturated carbocycles. The van der Waals surface area contributed by atoms with Gasteiger partial charge in [0, 0.05) is 6.61 Å². The monoisotopic (exact) mass is 263 g/mol. The van der Waals surface area contributed by atoms with Crippen LogP contribution in [0.4, 0.5) is 13.2 Å². The van der Waals surface area contributed by atoms with Crippen molar-refractivity contribution in [2.45, 2.75) is 51.6 Å². The Kier molecular flexibility index (Phi) is 5.46. The molecule has 104 valence electrons. The minimum atomic E-state index is -4.28. The van der Waals surface area contributed by atoms with Crippen LogP contribution >= 0.6 is 0 Å². The maximum Gasteiger partial charge on any atom is 0.411 e. The van der Waals surface area contributed by atoms with Gasteiger partial charge in [-0.25, -0.2) is 0 Å². The molecule has 0 aromatic heterocycles. The van der Waals surface area contributed by atoms with E-state index in [2.05, 4.69) is 17.7 Å². The van der Waals surface area contributed by atoms with Gasteiger partial charge in [0.05, 0.1) is 11.5 Å². The highest BCUT2D eigenvalue weighted by Crippen LogP contribution is 2.42. The van der Waals surface area contributed by atoms with Crippen LogP contribution in [0.3, 0.4) is 0 Å². The first-order chi connectivity index (χ1) is 8.41. The van der Waals surface area contributed by atoms with Crippen molar-refractivity contribution in [1.29, 1.82) is 5.26 Å². The molecule has 0 aromatic carbocycles. The summed E-state index contributed by atoms with van der Waals surface area (Å²) in [6.07, 6.45) is 0.876. The number of hydrogen-bond donors (Lipinski definition) is 0. The van der Waals surface area contributed by atoms with E-state index in [4.69, 9.17) is 0 Å². The molecule has 1 aliphatic carbocycles. The lowest BCUT2D eigenvalue weighted by Crippen LogP contribution is -2.29. The predicted octanol–water partition coefficient (Wildman–Crippen LogP) is 4.07. The molecule has 0 heterocycles. The van der Waals surface area contributed by atoms with Crippen molar-refractivity contribution in [3.05, 3.63) is 0 Å². The van der Waals surface area contributed by atoms with Crippen LogP contribution in [0.5, 0.6) is 0 Å². The van der Waals surface area contributed by atoms with Crippen molar-refractivity contribution in [3.63, 3.8) is 0 Å². The molecular weight excluding hydrogens is 243 g/mol. The zero-order valence-corrected chi connectivity index (χ0v) is 10.7. The number of nitrogens with zero attached hydrogens (tertiary/aromatic N) is 1. The van der Waals surface area contributed by atoms with Crippen LogP contribution < -0.4 is 0 Å². The van der Waals surface area contributed by atoms with Crippen LogP contribution in [-0.2, 0) is 4.74 Å². The van der Waals surface area contributed by atoms with Gasteiger partial charge in [-0.15, -0.1) is 0 Å². The van der Waals surface area contributed by atoms with Crippen molar-refractivity contribution in [1.82, 2.24) is 0 Å². The lowest BCUT2D eigenvalue weighted by molar-refractivity contribution is -0.175. The van der Waals surface area contributed by atoms with E-state index in [9.17, 15) is 18.4 Å². The zero-order chi connectivity index (χ0) is 13.6. The third kappa shape index (κ3) is 4.85. The van der Waals surface area contributed by atoms with Crippen LogP contribution in [-0.4, -0.2) is 19.4 Å². The summed E-state index contributed by atoms with van der Waals surface area (Å²) in [5, 5.41) is 9.29. The van der Waals surface area contributed by atoms with Gasteiger partial charge in [-0.1, -0.05) is 26.2 Å². The van der Waals surface area contributed by atoms with E-state index >= 15 is 0 Å². The van der Waals surface area contributed by atoms with Gasteiger partial charge >= 0.3 is 6.18 Å². The van der Waals surface area contributed by atoms with E-state index in [0.717, 1.165) is 32.1 Å². The molecular formula is C13H20F3NO. The van der Waals surface area contributed by atoms with Crippen molar-refractivity contribution in [2.75, 3.05) is 13.2 Å². The molecule has 5 heteroatoms. The van der Waals surface area contributed by atoms with Gasteiger partial charge in [-0.3, -0.25) is 0 Å². The Morgan fingerprint density at radius 2 is 2.17 bits per heavy atom. The standard InChI is InChI=1S/C13H20F3NO/c1-2-11-4-3-5-12(8-11,9-17)6-7-18-10-13(14,15)16/h11H,2-8,10H2,1H3. The molecule has 0 aliphatic heterocycles. The summed E-state index contributed by atoms with van der Waals surface area (Å²) in [5.41, 5.74) is -0.468. The average molecular weight is 263 g/mol. The Labute approximate surface area is 106 Å². The zero-order valence-electron chi connectivity index (χ0n) is 10.7. The molecule has 0 saturated heterocycles. The van der Waals surface area contributed by atoms with Crippen molar-refractivity contribution >= 4 is 0 Å². The van der Waals surface area contributed by atoms with Gasteiger partial charge in [0.15, 0.2) is 0 Å². The van der Waals surface area contributed by atoms with E-state index in [-0.39, 0.29) is 6.61 Å². The van der Waals surface area contributed by atoms with E-state index in [1.165, 1.54) is 0 Å². The quantitative estimate of drug-likeness (QED) is 0.700. The molecule has 2 unspecified atom stereocenters. The highest BCUT2D eigenvalue weighted by atomic mass is 19.4. The van der Waals surface area contributed by atoms with Gasteiger partial charge in [-0.05, 0) is 25.2 Å². The number of nitriles is 1. The molecule has 0 amide bonds. The Bertz CT molecular complexity index is 298. The summed E-state index contributed by atoms with van der Waals surface area (Å²) in [5.74, 6) is 0.529. The third-order valence-electron chi connectivity index (χ3n) is 3.75. The van der Waals surface area contributed by atoms with E-state index in [1.54, 1.807) is 0 Å². The normalized spacial score (nSPS) is 28.9. The van der Waals surface area contributed by atoms with Crippen LogP contribution in [0.25, 0.3) is 0 Å². The fraction of sp³-hybridized carbons (Fsp3) is 0.923. The smallest absolute Gasteiger partial charge is 0.372 e. The summed E-state index contributed by atoms with van der Waals surface area (Å²) in [4.78, 5) is 0. The molecule has 0 spiro atoms. The Hall–Kier alpha value is -0.760. The molecule has 1 fully saturated rings. The van der Waals surface area contributed by atoms with Gasteiger partial charge in [-0.2, -0.15) is 18.4 Å². The first-order valence-electron chi connectivity index (χ1n) is 6.46. The maximum absolute atomic E-state index is 11.9. The summed E-state index contributed by atoms with van der Waals surface area (Å²) in [6, 6.07) is 2.32. The Balaban J connectivity index is 2.39. The number of halogens is 3. The molecule has 1 aliphatic rings. The molecule has 2 atom stereocenters. The second-order valence-corrected chi connectivity index (χ2v) is 5.18. The predicted molar refractivity (Wildman–Crippen MR) is 61.8 cm³/mol. The van der Waals surface area contributed by atoms with Gasteiger partial charge in [0.1, 0.15) is 6.61 Å². The summed E-state index contributed by atoms with van der Waals surface area (Å²) in [7, 11) is 0. The molecule has 1 rings (SSSR count). The summed E-state index contributed by atoms with van der Waals surface area (Å²) < 4.78 is 40.4. The van der Waals surface area contributed by atoms with Crippen LogP contribution in [0, 0.1) is 22.7 Å². The van der Waals surface area contributed by atoms with E-state index in [0.29, 0.717) is 12.3 Å². The minimum absolute atomic E-state index is 0.0174. The average Bonchev–Trinajstić information content (AvgIpc) is 2.34. The largest absolute Gasteiger partial charge is 0.411 e. The molecule has 0 bridgehead atoms. The first kappa shape index (κ1) is 15.3. The lowest BCUT2D eigenvalue weighted by atomic mass is 9.68. The lowest BCUT2D eigenvalue weighted by Gasteiger charge is -2.35. The number of alkyl halides is 3. The van der Waals surface area contributed by atoms with Crippen molar-refractivity contribution in [3.8, 4) is 6.07 Å². The van der Waals surface area contributed by atoms with Crippen LogP contribution in [0.15, 0.2) is 0 Å². The fourth-order valence-electron chi connectivity index (χ4n) is 2.67. The Morgan fingerprint density at radius 3 is 2.72 bits per heavy atom. The second-order valence-electron chi connectivity index (χ2n) is 5.18. The summed E-state index contributed by atoms with van der Waals surface area (Å²) in [6.45, 7) is 0.896. The highest BCUT2D eigenvalue weighted by Gasteiger charge is 2.36. The number of rotatable bonds is 5.